The topological polar surface area (TPSA) is 72.6 Å². The van der Waals surface area contributed by atoms with E-state index in [-0.39, 0.29) is 17.8 Å². The maximum absolute atomic E-state index is 12.3. The molecular formula is C24H30N2O3. The van der Waals surface area contributed by atoms with Gasteiger partial charge in [-0.05, 0) is 67.5 Å². The second kappa shape index (κ2) is 9.59. The molecule has 1 saturated heterocycles. The quantitative estimate of drug-likeness (QED) is 0.714. The molecule has 0 aliphatic carbocycles. The fraction of sp³-hybridized carbons (Fsp3) is 0.417. The fourth-order valence-corrected chi connectivity index (χ4v) is 4.07. The van der Waals surface area contributed by atoms with E-state index in [1.54, 1.807) is 31.2 Å². The van der Waals surface area contributed by atoms with Crippen LogP contribution >= 0.6 is 0 Å². The number of carbonyl (C=O) groups is 2. The van der Waals surface area contributed by atoms with Crippen molar-refractivity contribution in [2.75, 3.05) is 24.6 Å². The number of carbonyl (C=O) groups excluding carboxylic acids is 2. The Morgan fingerprint density at radius 1 is 0.966 bits per heavy atom. The van der Waals surface area contributed by atoms with Crippen molar-refractivity contribution in [2.24, 2.45) is 5.73 Å². The first kappa shape index (κ1) is 20.9. The molecule has 1 heterocycles. The molecule has 0 radical (unpaired) electrons. The van der Waals surface area contributed by atoms with Crippen LogP contribution in [0.5, 0.6) is 0 Å². The van der Waals surface area contributed by atoms with Crippen LogP contribution < -0.4 is 10.6 Å². The highest BCUT2D eigenvalue weighted by Gasteiger charge is 2.26. The Kier molecular flexibility index (Phi) is 6.91. The van der Waals surface area contributed by atoms with Gasteiger partial charge in [-0.1, -0.05) is 31.2 Å². The number of anilines is 1. The van der Waals surface area contributed by atoms with Gasteiger partial charge in [-0.3, -0.25) is 4.79 Å². The zero-order chi connectivity index (χ0) is 20.8. The van der Waals surface area contributed by atoms with Gasteiger partial charge in [0.2, 0.25) is 5.91 Å². The lowest BCUT2D eigenvalue weighted by Gasteiger charge is -2.29. The highest BCUT2D eigenvalue weighted by atomic mass is 16.5. The molecular weight excluding hydrogens is 364 g/mol. The van der Waals surface area contributed by atoms with Gasteiger partial charge in [-0.25, -0.2) is 4.79 Å². The monoisotopic (exact) mass is 394 g/mol. The van der Waals surface area contributed by atoms with E-state index < -0.39 is 5.92 Å². The maximum atomic E-state index is 12.3. The van der Waals surface area contributed by atoms with Gasteiger partial charge >= 0.3 is 5.97 Å². The Balaban J connectivity index is 1.78. The molecule has 2 aromatic rings. The van der Waals surface area contributed by atoms with Crippen LogP contribution in [0.25, 0.3) is 0 Å². The summed E-state index contributed by atoms with van der Waals surface area (Å²) in [5.74, 6) is -1.28. The summed E-state index contributed by atoms with van der Waals surface area (Å²) in [5.41, 5.74) is 9.34. The second-order valence-electron chi connectivity index (χ2n) is 7.65. The van der Waals surface area contributed by atoms with E-state index >= 15 is 0 Å². The molecule has 3 rings (SSSR count). The number of amides is 1. The number of benzene rings is 2. The molecule has 5 nitrogen and oxygen atoms in total. The number of ether oxygens (including phenoxy) is 1. The average molecular weight is 395 g/mol. The Morgan fingerprint density at radius 3 is 2.10 bits per heavy atom. The third-order valence-corrected chi connectivity index (χ3v) is 5.73. The molecule has 29 heavy (non-hydrogen) atoms. The molecule has 2 N–H and O–H groups in total. The molecule has 2 aromatic carbocycles. The van der Waals surface area contributed by atoms with Crippen molar-refractivity contribution < 1.29 is 14.3 Å². The van der Waals surface area contributed by atoms with E-state index in [2.05, 4.69) is 29.2 Å². The standard InChI is InChI=1S/C24H30N2O3/c1-3-29-24(28)20-9-7-19(8-10-20)22(23(25)27)17(2)18-11-13-21(14-12-18)26-15-5-4-6-16-26/h7-14,17,22H,3-6,15-16H2,1-2H3,(H2,25,27). The third-order valence-electron chi connectivity index (χ3n) is 5.73. The van der Waals surface area contributed by atoms with Crippen LogP contribution in [0.3, 0.4) is 0 Å². The molecule has 1 aliphatic heterocycles. The Labute approximate surface area is 172 Å². The maximum Gasteiger partial charge on any atom is 0.338 e. The lowest BCUT2D eigenvalue weighted by molar-refractivity contribution is -0.119. The highest BCUT2D eigenvalue weighted by molar-refractivity contribution is 5.90. The molecule has 0 bridgehead atoms. The molecule has 154 valence electrons. The Hall–Kier alpha value is -2.82. The molecule has 1 amide bonds. The number of nitrogens with two attached hydrogens (primary N) is 1. The number of rotatable bonds is 7. The fourth-order valence-electron chi connectivity index (χ4n) is 4.07. The number of hydrogen-bond donors (Lipinski definition) is 1. The number of primary amides is 1. The first-order chi connectivity index (χ1) is 14.0. The first-order valence-corrected chi connectivity index (χ1v) is 10.4. The predicted octanol–water partition coefficient (Wildman–Crippen LogP) is 4.23. The average Bonchev–Trinajstić information content (AvgIpc) is 2.75. The minimum atomic E-state index is -0.466. The van der Waals surface area contributed by atoms with Crippen molar-refractivity contribution in [2.45, 2.75) is 44.9 Å². The largest absolute Gasteiger partial charge is 0.462 e. The zero-order valence-corrected chi connectivity index (χ0v) is 17.3. The van der Waals surface area contributed by atoms with E-state index in [0.717, 1.165) is 24.2 Å². The van der Waals surface area contributed by atoms with Crippen molar-refractivity contribution in [3.8, 4) is 0 Å². The van der Waals surface area contributed by atoms with Crippen molar-refractivity contribution >= 4 is 17.6 Å². The Bertz CT molecular complexity index is 824. The molecule has 2 atom stereocenters. The van der Waals surface area contributed by atoms with Gasteiger partial charge in [0.05, 0.1) is 18.1 Å². The summed E-state index contributed by atoms with van der Waals surface area (Å²) in [6.45, 7) is 6.32. The van der Waals surface area contributed by atoms with E-state index in [0.29, 0.717) is 12.2 Å². The summed E-state index contributed by atoms with van der Waals surface area (Å²) < 4.78 is 5.02. The number of esters is 1. The first-order valence-electron chi connectivity index (χ1n) is 10.4. The van der Waals surface area contributed by atoms with Gasteiger partial charge in [0.25, 0.3) is 0 Å². The van der Waals surface area contributed by atoms with E-state index in [4.69, 9.17) is 10.5 Å². The number of piperidine rings is 1. The zero-order valence-electron chi connectivity index (χ0n) is 17.3. The van der Waals surface area contributed by atoms with Crippen molar-refractivity contribution in [1.82, 2.24) is 0 Å². The van der Waals surface area contributed by atoms with Crippen LogP contribution in [0.15, 0.2) is 48.5 Å². The lowest BCUT2D eigenvalue weighted by atomic mass is 9.82. The van der Waals surface area contributed by atoms with Gasteiger partial charge in [0.15, 0.2) is 0 Å². The molecule has 1 fully saturated rings. The summed E-state index contributed by atoms with van der Waals surface area (Å²) in [4.78, 5) is 26.5. The molecule has 0 spiro atoms. The number of hydrogen-bond acceptors (Lipinski definition) is 4. The van der Waals surface area contributed by atoms with Gasteiger partial charge < -0.3 is 15.4 Å². The third kappa shape index (κ3) is 4.97. The summed E-state index contributed by atoms with van der Waals surface area (Å²) >= 11 is 0. The van der Waals surface area contributed by atoms with Gasteiger partial charge in [0, 0.05) is 18.8 Å². The van der Waals surface area contributed by atoms with Gasteiger partial charge in [0.1, 0.15) is 0 Å². The predicted molar refractivity (Wildman–Crippen MR) is 115 cm³/mol. The van der Waals surface area contributed by atoms with Gasteiger partial charge in [-0.2, -0.15) is 0 Å². The minimum absolute atomic E-state index is 0.0728. The van der Waals surface area contributed by atoms with Gasteiger partial charge in [-0.15, -0.1) is 0 Å². The van der Waals surface area contributed by atoms with Crippen LogP contribution in [0.1, 0.15) is 66.4 Å². The molecule has 1 aliphatic rings. The summed E-state index contributed by atoms with van der Waals surface area (Å²) in [5, 5.41) is 0. The Morgan fingerprint density at radius 2 is 1.55 bits per heavy atom. The summed E-state index contributed by atoms with van der Waals surface area (Å²) in [7, 11) is 0. The van der Waals surface area contributed by atoms with Crippen LogP contribution in [-0.2, 0) is 9.53 Å². The molecule has 0 aromatic heterocycles. The normalized spacial score (nSPS) is 16.1. The molecule has 5 heteroatoms. The van der Waals surface area contributed by atoms with Crippen LogP contribution in [-0.4, -0.2) is 31.6 Å². The molecule has 2 unspecified atom stereocenters. The minimum Gasteiger partial charge on any atom is -0.462 e. The van der Waals surface area contributed by atoms with Crippen LogP contribution in [0, 0.1) is 0 Å². The summed E-state index contributed by atoms with van der Waals surface area (Å²) in [6, 6.07) is 15.4. The smallest absolute Gasteiger partial charge is 0.338 e. The second-order valence-corrected chi connectivity index (χ2v) is 7.65. The van der Waals surface area contributed by atoms with E-state index in [1.165, 1.54) is 24.9 Å². The van der Waals surface area contributed by atoms with Crippen LogP contribution in [0.2, 0.25) is 0 Å². The number of nitrogens with zero attached hydrogens (tertiary/aromatic N) is 1. The lowest BCUT2D eigenvalue weighted by Crippen LogP contribution is -2.29. The van der Waals surface area contributed by atoms with E-state index in [1.807, 2.05) is 6.92 Å². The van der Waals surface area contributed by atoms with Crippen molar-refractivity contribution in [1.29, 1.82) is 0 Å². The van der Waals surface area contributed by atoms with Crippen molar-refractivity contribution in [3.63, 3.8) is 0 Å². The van der Waals surface area contributed by atoms with E-state index in [9.17, 15) is 9.59 Å². The highest BCUT2D eigenvalue weighted by Crippen LogP contribution is 2.34. The molecule has 0 saturated carbocycles. The summed E-state index contributed by atoms with van der Waals surface area (Å²) in [6.07, 6.45) is 3.79. The van der Waals surface area contributed by atoms with Crippen molar-refractivity contribution in [3.05, 3.63) is 65.2 Å². The van der Waals surface area contributed by atoms with Crippen LogP contribution in [0.4, 0.5) is 5.69 Å². The SMILES string of the molecule is CCOC(=O)c1ccc(C(C(N)=O)C(C)c2ccc(N3CCCCC3)cc2)cc1.